The molecule has 0 spiro atoms. The molecule has 0 aliphatic carbocycles. The smallest absolute Gasteiger partial charge is 0.226 e. The molecular weight excluding hydrogens is 330 g/mol. The number of oxazole rings is 1. The summed E-state index contributed by atoms with van der Waals surface area (Å²) < 4.78 is 7.28. The lowest BCUT2D eigenvalue weighted by Gasteiger charge is -2.16. The highest BCUT2D eigenvalue weighted by Crippen LogP contribution is 2.28. The van der Waals surface area contributed by atoms with E-state index < -0.39 is 0 Å². The maximum absolute atomic E-state index is 12.6. The molecule has 2 atom stereocenters. The molecule has 2 aromatic heterocycles. The normalized spacial score (nSPS) is 19.6. The molecule has 3 aromatic rings. The van der Waals surface area contributed by atoms with Crippen molar-refractivity contribution in [1.29, 1.82) is 0 Å². The Bertz CT molecular complexity index is 886. The first-order valence-corrected chi connectivity index (χ1v) is 8.67. The Balaban J connectivity index is 1.39. The fourth-order valence-corrected chi connectivity index (χ4v) is 3.35. The molecule has 3 heterocycles. The van der Waals surface area contributed by atoms with E-state index >= 15 is 0 Å². The molecule has 1 amide bonds. The predicted molar refractivity (Wildman–Crippen MR) is 96.1 cm³/mol. The fourth-order valence-electron chi connectivity index (χ4n) is 3.35. The molecule has 0 unspecified atom stereocenters. The van der Waals surface area contributed by atoms with Crippen molar-refractivity contribution in [3.8, 4) is 11.5 Å². The van der Waals surface area contributed by atoms with Crippen molar-refractivity contribution in [2.45, 2.75) is 12.5 Å². The number of carbonyl (C=O) groups is 1. The van der Waals surface area contributed by atoms with Crippen molar-refractivity contribution in [2.75, 3.05) is 13.1 Å². The molecule has 134 valence electrons. The highest BCUT2D eigenvalue weighted by Gasteiger charge is 2.34. The second-order valence-corrected chi connectivity index (χ2v) is 6.55. The Morgan fingerprint density at radius 2 is 2.19 bits per heavy atom. The van der Waals surface area contributed by atoms with Crippen LogP contribution in [0, 0.1) is 5.92 Å². The lowest BCUT2D eigenvalue weighted by atomic mass is 9.90. The molecule has 1 saturated heterocycles. The number of aryl methyl sites for hydroxylation is 1. The molecule has 0 bridgehead atoms. The Morgan fingerprint density at radius 1 is 1.35 bits per heavy atom. The van der Waals surface area contributed by atoms with Gasteiger partial charge in [0, 0.05) is 37.8 Å². The Labute approximate surface area is 151 Å². The minimum Gasteiger partial charge on any atom is -0.444 e. The highest BCUT2D eigenvalue weighted by molar-refractivity contribution is 5.80. The summed E-state index contributed by atoms with van der Waals surface area (Å²) >= 11 is 0. The van der Waals surface area contributed by atoms with E-state index in [1.165, 1.54) is 0 Å². The molecule has 1 fully saturated rings. The summed E-state index contributed by atoms with van der Waals surface area (Å²) in [5.41, 5.74) is 2.72. The van der Waals surface area contributed by atoms with Crippen molar-refractivity contribution >= 4 is 5.91 Å². The number of nitrogens with one attached hydrogen (secondary N) is 2. The van der Waals surface area contributed by atoms with E-state index in [0.717, 1.165) is 17.7 Å². The Hall–Kier alpha value is -2.93. The zero-order valence-corrected chi connectivity index (χ0v) is 14.6. The van der Waals surface area contributed by atoms with Crippen molar-refractivity contribution in [2.24, 2.45) is 13.0 Å². The lowest BCUT2D eigenvalue weighted by molar-refractivity contribution is -0.125. The van der Waals surface area contributed by atoms with Gasteiger partial charge in [-0.2, -0.15) is 5.10 Å². The third-order valence-corrected chi connectivity index (χ3v) is 4.72. The number of nitrogens with zero attached hydrogens (tertiary/aromatic N) is 3. The molecule has 1 aromatic carbocycles. The minimum atomic E-state index is -0.111. The summed E-state index contributed by atoms with van der Waals surface area (Å²) in [4.78, 5) is 17.1. The van der Waals surface area contributed by atoms with E-state index in [2.05, 4.69) is 20.7 Å². The van der Waals surface area contributed by atoms with Crippen LogP contribution in [0.25, 0.3) is 11.5 Å². The summed E-state index contributed by atoms with van der Waals surface area (Å²) in [5.74, 6) is 0.610. The van der Waals surface area contributed by atoms with E-state index in [4.69, 9.17) is 4.42 Å². The second kappa shape index (κ2) is 7.13. The zero-order valence-electron chi connectivity index (χ0n) is 14.6. The summed E-state index contributed by atoms with van der Waals surface area (Å²) in [6.07, 6.45) is 5.40. The van der Waals surface area contributed by atoms with Crippen LogP contribution in [-0.2, 0) is 18.4 Å². The van der Waals surface area contributed by atoms with Crippen LogP contribution in [0.1, 0.15) is 17.2 Å². The van der Waals surface area contributed by atoms with Crippen LogP contribution in [0.5, 0.6) is 0 Å². The molecule has 7 nitrogen and oxygen atoms in total. The van der Waals surface area contributed by atoms with Crippen LogP contribution in [0.3, 0.4) is 0 Å². The molecule has 1 aliphatic rings. The van der Waals surface area contributed by atoms with Gasteiger partial charge in [0.25, 0.3) is 0 Å². The monoisotopic (exact) mass is 351 g/mol. The number of aromatic nitrogens is 3. The standard InChI is InChI=1S/C19H21N5O2/c1-24-11-14(7-22-24)16-9-20-10-17(16)18(25)21-8-15-12-26-19(23-15)13-5-3-2-4-6-13/h2-7,11-12,16-17,20H,8-10H2,1H3,(H,21,25)/t16-,17+/m1/s1. The van der Waals surface area contributed by atoms with Gasteiger partial charge < -0.3 is 15.1 Å². The molecular formula is C19H21N5O2. The van der Waals surface area contributed by atoms with Gasteiger partial charge in [-0.1, -0.05) is 18.2 Å². The minimum absolute atomic E-state index is 0.0214. The van der Waals surface area contributed by atoms with Crippen LogP contribution >= 0.6 is 0 Å². The third kappa shape index (κ3) is 3.39. The highest BCUT2D eigenvalue weighted by atomic mass is 16.3. The average Bonchev–Trinajstić information content (AvgIpc) is 3.40. The second-order valence-electron chi connectivity index (χ2n) is 6.55. The topological polar surface area (TPSA) is 85.0 Å². The summed E-state index contributed by atoms with van der Waals surface area (Å²) in [6, 6.07) is 9.70. The van der Waals surface area contributed by atoms with Crippen molar-refractivity contribution in [3.63, 3.8) is 0 Å². The lowest BCUT2D eigenvalue weighted by Crippen LogP contribution is -2.34. The number of hydrogen-bond acceptors (Lipinski definition) is 5. The van der Waals surface area contributed by atoms with Crippen LogP contribution in [0.15, 0.2) is 53.4 Å². The molecule has 1 aliphatic heterocycles. The molecule has 0 saturated carbocycles. The van der Waals surface area contributed by atoms with Gasteiger partial charge in [-0.15, -0.1) is 0 Å². The van der Waals surface area contributed by atoms with Gasteiger partial charge in [0.2, 0.25) is 11.8 Å². The first-order valence-electron chi connectivity index (χ1n) is 8.67. The van der Waals surface area contributed by atoms with E-state index in [0.29, 0.717) is 24.7 Å². The van der Waals surface area contributed by atoms with Gasteiger partial charge in [0.05, 0.1) is 24.4 Å². The SMILES string of the molecule is Cn1cc([C@H]2CNC[C@@H]2C(=O)NCc2coc(-c3ccccc3)n2)cn1. The van der Waals surface area contributed by atoms with Crippen LogP contribution in [0.4, 0.5) is 0 Å². The third-order valence-electron chi connectivity index (χ3n) is 4.72. The molecule has 2 N–H and O–H groups in total. The maximum atomic E-state index is 12.6. The van der Waals surface area contributed by atoms with Crippen molar-refractivity contribution in [1.82, 2.24) is 25.4 Å². The van der Waals surface area contributed by atoms with E-state index in [1.54, 1.807) is 10.9 Å². The number of carbonyl (C=O) groups excluding carboxylic acids is 1. The molecule has 0 radical (unpaired) electrons. The van der Waals surface area contributed by atoms with Crippen LogP contribution in [0.2, 0.25) is 0 Å². The van der Waals surface area contributed by atoms with E-state index in [9.17, 15) is 4.79 Å². The first-order chi connectivity index (χ1) is 12.7. The molecule has 7 heteroatoms. The summed E-state index contributed by atoms with van der Waals surface area (Å²) in [5, 5.41) is 10.5. The number of amides is 1. The fraction of sp³-hybridized carbons (Fsp3) is 0.316. The van der Waals surface area contributed by atoms with Gasteiger partial charge in [-0.25, -0.2) is 4.98 Å². The molecule has 26 heavy (non-hydrogen) atoms. The molecule has 4 rings (SSSR count). The van der Waals surface area contributed by atoms with Crippen molar-refractivity contribution < 1.29 is 9.21 Å². The Kier molecular flexibility index (Phi) is 4.53. The average molecular weight is 351 g/mol. The zero-order chi connectivity index (χ0) is 17.9. The number of hydrogen-bond donors (Lipinski definition) is 2. The van der Waals surface area contributed by atoms with Crippen molar-refractivity contribution in [3.05, 3.63) is 60.2 Å². The maximum Gasteiger partial charge on any atom is 0.226 e. The summed E-state index contributed by atoms with van der Waals surface area (Å²) in [6.45, 7) is 1.80. The quantitative estimate of drug-likeness (QED) is 0.731. The van der Waals surface area contributed by atoms with Gasteiger partial charge in [-0.05, 0) is 17.7 Å². The number of benzene rings is 1. The Morgan fingerprint density at radius 3 is 2.96 bits per heavy atom. The van der Waals surface area contributed by atoms with Crippen LogP contribution in [-0.4, -0.2) is 33.8 Å². The summed E-state index contributed by atoms with van der Waals surface area (Å²) in [7, 11) is 1.88. The van der Waals surface area contributed by atoms with Gasteiger partial charge >= 0.3 is 0 Å². The van der Waals surface area contributed by atoms with Gasteiger partial charge in [-0.3, -0.25) is 9.48 Å². The largest absolute Gasteiger partial charge is 0.444 e. The van der Waals surface area contributed by atoms with E-state index in [1.807, 2.05) is 49.8 Å². The first kappa shape index (κ1) is 16.5. The predicted octanol–water partition coefficient (Wildman–Crippen LogP) is 1.69. The van der Waals surface area contributed by atoms with Crippen LogP contribution < -0.4 is 10.6 Å². The van der Waals surface area contributed by atoms with Gasteiger partial charge in [0.15, 0.2) is 0 Å². The van der Waals surface area contributed by atoms with E-state index in [-0.39, 0.29) is 17.7 Å². The van der Waals surface area contributed by atoms with Gasteiger partial charge in [0.1, 0.15) is 6.26 Å². The number of rotatable bonds is 5.